The molecule has 1 aliphatic rings. The summed E-state index contributed by atoms with van der Waals surface area (Å²) < 4.78 is 5.38. The number of rotatable bonds is 5. The van der Waals surface area contributed by atoms with E-state index in [1.54, 1.807) is 29.3 Å². The Morgan fingerprint density at radius 1 is 1.11 bits per heavy atom. The normalized spacial score (nSPS) is 14.5. The van der Waals surface area contributed by atoms with Crippen LogP contribution in [-0.4, -0.2) is 24.2 Å². The Bertz CT molecular complexity index is 865. The summed E-state index contributed by atoms with van der Waals surface area (Å²) in [4.78, 5) is 25.0. The molecule has 0 saturated heterocycles. The third kappa shape index (κ3) is 4.92. The van der Waals surface area contributed by atoms with Gasteiger partial charge in [-0.25, -0.2) is 0 Å². The molecule has 27 heavy (non-hydrogen) atoms. The highest BCUT2D eigenvalue weighted by Gasteiger charge is 2.17. The fraction of sp³-hybridized carbons (Fsp3) is 0.238. The van der Waals surface area contributed by atoms with Gasteiger partial charge < -0.3 is 15.4 Å². The van der Waals surface area contributed by atoms with E-state index in [1.165, 1.54) is 0 Å². The second kappa shape index (κ2) is 8.77. The SMILES string of the molecule is Cc1ccc(C(=O)N[C@H](C)c2ccccc2)cc1NC(=O)C1=CSCCO1. The molecule has 0 saturated carbocycles. The summed E-state index contributed by atoms with van der Waals surface area (Å²) in [6.07, 6.45) is 0. The zero-order chi connectivity index (χ0) is 19.2. The first-order chi connectivity index (χ1) is 13.0. The molecule has 1 atom stereocenters. The summed E-state index contributed by atoms with van der Waals surface area (Å²) in [6, 6.07) is 14.9. The van der Waals surface area contributed by atoms with Crippen molar-refractivity contribution in [1.29, 1.82) is 0 Å². The lowest BCUT2D eigenvalue weighted by molar-refractivity contribution is -0.116. The predicted molar refractivity (Wildman–Crippen MR) is 109 cm³/mol. The van der Waals surface area contributed by atoms with Gasteiger partial charge in [-0.1, -0.05) is 36.4 Å². The number of amides is 2. The maximum absolute atomic E-state index is 12.6. The first-order valence-corrected chi connectivity index (χ1v) is 9.82. The summed E-state index contributed by atoms with van der Waals surface area (Å²) in [5.74, 6) is 0.648. The number of carbonyl (C=O) groups is 2. The van der Waals surface area contributed by atoms with Gasteiger partial charge in [0.05, 0.1) is 12.6 Å². The quantitative estimate of drug-likeness (QED) is 0.819. The average molecular weight is 382 g/mol. The van der Waals surface area contributed by atoms with E-state index in [4.69, 9.17) is 4.74 Å². The predicted octanol–water partition coefficient (Wildman–Crippen LogP) is 4.03. The van der Waals surface area contributed by atoms with Crippen LogP contribution in [-0.2, 0) is 9.53 Å². The lowest BCUT2D eigenvalue weighted by Gasteiger charge is -2.17. The van der Waals surface area contributed by atoms with Gasteiger partial charge in [0.2, 0.25) is 0 Å². The Hall–Kier alpha value is -2.73. The van der Waals surface area contributed by atoms with Crippen LogP contribution in [0.25, 0.3) is 0 Å². The minimum atomic E-state index is -0.305. The van der Waals surface area contributed by atoms with E-state index in [0.29, 0.717) is 23.6 Å². The molecule has 0 aromatic heterocycles. The van der Waals surface area contributed by atoms with E-state index in [2.05, 4.69) is 10.6 Å². The van der Waals surface area contributed by atoms with E-state index >= 15 is 0 Å². The number of ether oxygens (including phenoxy) is 1. The van der Waals surface area contributed by atoms with Gasteiger partial charge in [-0.15, -0.1) is 11.8 Å². The van der Waals surface area contributed by atoms with Gasteiger partial charge in [0, 0.05) is 22.4 Å². The van der Waals surface area contributed by atoms with Crippen molar-refractivity contribution >= 4 is 29.3 Å². The Balaban J connectivity index is 1.71. The first kappa shape index (κ1) is 19.0. The van der Waals surface area contributed by atoms with Gasteiger partial charge in [-0.05, 0) is 37.1 Å². The summed E-state index contributed by atoms with van der Waals surface area (Å²) in [6.45, 7) is 4.34. The largest absolute Gasteiger partial charge is 0.487 e. The Morgan fingerprint density at radius 2 is 1.89 bits per heavy atom. The zero-order valence-corrected chi connectivity index (χ0v) is 16.1. The molecule has 0 unspecified atom stereocenters. The number of benzene rings is 2. The average Bonchev–Trinajstić information content (AvgIpc) is 2.70. The van der Waals surface area contributed by atoms with E-state index < -0.39 is 0 Å². The molecule has 0 bridgehead atoms. The highest BCUT2D eigenvalue weighted by molar-refractivity contribution is 8.02. The van der Waals surface area contributed by atoms with Gasteiger partial charge >= 0.3 is 0 Å². The monoisotopic (exact) mass is 382 g/mol. The Kier molecular flexibility index (Phi) is 6.19. The number of nitrogens with one attached hydrogen (secondary N) is 2. The number of hydrogen-bond acceptors (Lipinski definition) is 4. The number of thioether (sulfide) groups is 1. The summed E-state index contributed by atoms with van der Waals surface area (Å²) >= 11 is 1.55. The topological polar surface area (TPSA) is 67.4 Å². The Morgan fingerprint density at radius 3 is 2.59 bits per heavy atom. The number of carbonyl (C=O) groups excluding carboxylic acids is 2. The molecule has 2 N–H and O–H groups in total. The maximum Gasteiger partial charge on any atom is 0.291 e. The van der Waals surface area contributed by atoms with Crippen LogP contribution in [0.2, 0.25) is 0 Å². The van der Waals surface area contributed by atoms with Gasteiger partial charge in [-0.2, -0.15) is 0 Å². The highest BCUT2D eigenvalue weighted by Crippen LogP contribution is 2.21. The minimum Gasteiger partial charge on any atom is -0.487 e. The molecule has 0 fully saturated rings. The fourth-order valence-electron chi connectivity index (χ4n) is 2.67. The second-order valence-corrected chi connectivity index (χ2v) is 7.27. The minimum absolute atomic E-state index is 0.115. The molecule has 140 valence electrons. The molecule has 6 heteroatoms. The molecule has 0 radical (unpaired) electrons. The van der Waals surface area contributed by atoms with E-state index in [1.807, 2.05) is 50.2 Å². The van der Waals surface area contributed by atoms with Gasteiger partial charge in [0.1, 0.15) is 0 Å². The Labute approximate surface area is 163 Å². The number of hydrogen-bond donors (Lipinski definition) is 2. The molecule has 2 aromatic carbocycles. The van der Waals surface area contributed by atoms with Crippen molar-refractivity contribution in [3.8, 4) is 0 Å². The van der Waals surface area contributed by atoms with E-state index in [0.717, 1.165) is 16.9 Å². The van der Waals surface area contributed by atoms with Crippen LogP contribution in [0, 0.1) is 6.92 Å². The second-order valence-electron chi connectivity index (χ2n) is 6.29. The van der Waals surface area contributed by atoms with Crippen LogP contribution in [0.3, 0.4) is 0 Å². The highest BCUT2D eigenvalue weighted by atomic mass is 32.2. The van der Waals surface area contributed by atoms with Crippen molar-refractivity contribution in [3.05, 3.63) is 76.4 Å². The van der Waals surface area contributed by atoms with Crippen LogP contribution in [0.4, 0.5) is 5.69 Å². The van der Waals surface area contributed by atoms with E-state index in [9.17, 15) is 9.59 Å². The number of anilines is 1. The van der Waals surface area contributed by atoms with Crippen molar-refractivity contribution in [2.45, 2.75) is 19.9 Å². The van der Waals surface area contributed by atoms with Crippen molar-refractivity contribution < 1.29 is 14.3 Å². The summed E-state index contributed by atoms with van der Waals surface area (Å²) in [5.41, 5.74) is 3.00. The molecule has 0 aliphatic carbocycles. The summed E-state index contributed by atoms with van der Waals surface area (Å²) in [5, 5.41) is 7.53. The van der Waals surface area contributed by atoms with Crippen LogP contribution in [0.5, 0.6) is 0 Å². The van der Waals surface area contributed by atoms with Crippen LogP contribution < -0.4 is 10.6 Å². The van der Waals surface area contributed by atoms with E-state index in [-0.39, 0.29) is 17.9 Å². The molecule has 2 aromatic rings. The van der Waals surface area contributed by atoms with Gasteiger partial charge in [0.25, 0.3) is 11.8 Å². The fourth-order valence-corrected chi connectivity index (χ4v) is 3.30. The molecular formula is C21H22N2O3S. The lowest BCUT2D eigenvalue weighted by atomic mass is 10.1. The van der Waals surface area contributed by atoms with Crippen molar-refractivity contribution in [3.63, 3.8) is 0 Å². The third-order valence-corrected chi connectivity index (χ3v) is 5.05. The molecule has 3 rings (SSSR count). The maximum atomic E-state index is 12.6. The number of aryl methyl sites for hydroxylation is 1. The first-order valence-electron chi connectivity index (χ1n) is 8.77. The van der Waals surface area contributed by atoms with Crippen molar-refractivity contribution in [2.75, 3.05) is 17.7 Å². The van der Waals surface area contributed by atoms with Gasteiger partial charge in [-0.3, -0.25) is 9.59 Å². The van der Waals surface area contributed by atoms with Crippen molar-refractivity contribution in [2.24, 2.45) is 0 Å². The zero-order valence-electron chi connectivity index (χ0n) is 15.3. The standard InChI is InChI=1S/C21H22N2O3S/c1-14-8-9-17(20(24)22-15(2)16-6-4-3-5-7-16)12-18(14)23-21(25)19-13-27-11-10-26-19/h3-9,12-13,15H,10-11H2,1-2H3,(H,22,24)(H,23,25)/t15-/m1/s1. The smallest absolute Gasteiger partial charge is 0.291 e. The van der Waals surface area contributed by atoms with Crippen LogP contribution in [0.1, 0.15) is 34.5 Å². The summed E-state index contributed by atoms with van der Waals surface area (Å²) in [7, 11) is 0. The molecule has 5 nitrogen and oxygen atoms in total. The van der Waals surface area contributed by atoms with Crippen LogP contribution >= 0.6 is 11.8 Å². The van der Waals surface area contributed by atoms with Gasteiger partial charge in [0.15, 0.2) is 5.76 Å². The lowest BCUT2D eigenvalue weighted by Crippen LogP contribution is -2.27. The van der Waals surface area contributed by atoms with Crippen molar-refractivity contribution in [1.82, 2.24) is 5.32 Å². The molecule has 1 aliphatic heterocycles. The van der Waals surface area contributed by atoms with Crippen LogP contribution in [0.15, 0.2) is 59.7 Å². The third-order valence-electron chi connectivity index (χ3n) is 4.27. The molecule has 1 heterocycles. The molecule has 2 amide bonds. The molecular weight excluding hydrogens is 360 g/mol. The molecule has 0 spiro atoms.